The first-order valence-electron chi connectivity index (χ1n) is 11.6. The second-order valence-electron chi connectivity index (χ2n) is 8.75. The van der Waals surface area contributed by atoms with Gasteiger partial charge in [-0.2, -0.15) is 17.0 Å². The molecule has 10 nitrogen and oxygen atoms in total. The summed E-state index contributed by atoms with van der Waals surface area (Å²) in [5.74, 6) is 0.617. The molecular formula is C22H29N5O5S. The van der Waals surface area contributed by atoms with E-state index in [0.717, 1.165) is 12.8 Å². The molecular weight excluding hydrogens is 446 g/mol. The van der Waals surface area contributed by atoms with Crippen LogP contribution in [0.3, 0.4) is 0 Å². The van der Waals surface area contributed by atoms with Crippen molar-refractivity contribution in [1.29, 1.82) is 0 Å². The lowest BCUT2D eigenvalue weighted by Crippen LogP contribution is -2.55. The number of carbonyl (C=O) groups is 1. The third kappa shape index (κ3) is 4.54. The first-order valence-corrected chi connectivity index (χ1v) is 13.0. The fourth-order valence-corrected chi connectivity index (χ4v) is 6.13. The number of benzene rings is 1. The summed E-state index contributed by atoms with van der Waals surface area (Å²) in [6.07, 6.45) is 2.55. The van der Waals surface area contributed by atoms with E-state index in [1.54, 1.807) is 15.5 Å². The van der Waals surface area contributed by atoms with Crippen molar-refractivity contribution in [2.45, 2.75) is 31.7 Å². The number of hydrogen-bond donors (Lipinski definition) is 0. The van der Waals surface area contributed by atoms with Crippen LogP contribution >= 0.6 is 0 Å². The molecule has 0 spiro atoms. The molecule has 0 N–H and O–H groups in total. The predicted octanol–water partition coefficient (Wildman–Crippen LogP) is 0.385. The molecule has 1 saturated carbocycles. The molecule has 1 aromatic carbocycles. The van der Waals surface area contributed by atoms with Gasteiger partial charge in [0, 0.05) is 58.2 Å². The Morgan fingerprint density at radius 2 is 1.67 bits per heavy atom. The zero-order valence-corrected chi connectivity index (χ0v) is 19.4. The number of rotatable bonds is 6. The molecule has 0 unspecified atom stereocenters. The molecule has 1 aliphatic carbocycles. The molecule has 0 radical (unpaired) electrons. The Hall–Kier alpha value is -2.34. The zero-order chi connectivity index (χ0) is 23.0. The van der Waals surface area contributed by atoms with Crippen LogP contribution < -0.4 is 5.56 Å². The van der Waals surface area contributed by atoms with Crippen LogP contribution in [-0.2, 0) is 26.2 Å². The molecule has 1 amide bonds. The second-order valence-corrected chi connectivity index (χ2v) is 10.7. The van der Waals surface area contributed by atoms with Crippen LogP contribution in [0.1, 0.15) is 31.1 Å². The number of aromatic nitrogens is 2. The Morgan fingerprint density at radius 3 is 2.36 bits per heavy atom. The van der Waals surface area contributed by atoms with Crippen molar-refractivity contribution in [3.8, 4) is 0 Å². The van der Waals surface area contributed by atoms with Gasteiger partial charge in [0.15, 0.2) is 0 Å². The molecule has 178 valence electrons. The average Bonchev–Trinajstić information content (AvgIpc) is 3.68. The summed E-state index contributed by atoms with van der Waals surface area (Å²) in [7, 11) is -3.52. The minimum atomic E-state index is -3.52. The van der Waals surface area contributed by atoms with Crippen molar-refractivity contribution in [3.63, 3.8) is 0 Å². The van der Waals surface area contributed by atoms with E-state index in [1.807, 2.05) is 18.2 Å². The van der Waals surface area contributed by atoms with E-state index in [4.69, 9.17) is 9.72 Å². The molecule has 5 rings (SSSR count). The summed E-state index contributed by atoms with van der Waals surface area (Å²) < 4.78 is 35.6. The lowest BCUT2D eigenvalue weighted by atomic mass is 10.2. The van der Waals surface area contributed by atoms with Crippen molar-refractivity contribution in [3.05, 3.63) is 40.4 Å². The van der Waals surface area contributed by atoms with E-state index >= 15 is 0 Å². The normalized spacial score (nSPS) is 20.9. The lowest BCUT2D eigenvalue weighted by molar-refractivity contribution is -0.132. The molecule has 3 fully saturated rings. The van der Waals surface area contributed by atoms with Gasteiger partial charge in [-0.15, -0.1) is 0 Å². The quantitative estimate of drug-likeness (QED) is 0.598. The fourth-order valence-electron chi connectivity index (χ4n) is 4.56. The van der Waals surface area contributed by atoms with E-state index in [0.29, 0.717) is 62.5 Å². The highest BCUT2D eigenvalue weighted by molar-refractivity contribution is 7.86. The van der Waals surface area contributed by atoms with Gasteiger partial charge in [-0.1, -0.05) is 12.1 Å². The first-order chi connectivity index (χ1) is 15.9. The Balaban J connectivity index is 1.22. The standard InChI is InChI=1S/C22H29N5O5S/c28-21(24-9-11-25(12-10-24)33(30,31)26-13-15-32-16-14-26)8-7-20-23-19-4-2-1-3-18(19)22(29)27(20)17-5-6-17/h1-4,17H,5-16H2. The molecule has 2 saturated heterocycles. The van der Waals surface area contributed by atoms with Crippen molar-refractivity contribution >= 4 is 27.0 Å². The number of amides is 1. The summed E-state index contributed by atoms with van der Waals surface area (Å²) >= 11 is 0. The van der Waals surface area contributed by atoms with Gasteiger partial charge in [-0.25, -0.2) is 4.98 Å². The molecule has 2 aliphatic heterocycles. The molecule has 0 bridgehead atoms. The molecule has 0 atom stereocenters. The number of aryl methyl sites for hydroxylation is 1. The highest BCUT2D eigenvalue weighted by Crippen LogP contribution is 2.35. The Morgan fingerprint density at radius 1 is 1.00 bits per heavy atom. The van der Waals surface area contributed by atoms with E-state index in [1.165, 1.54) is 8.61 Å². The Labute approximate surface area is 192 Å². The van der Waals surface area contributed by atoms with Crippen molar-refractivity contribution in [2.24, 2.45) is 0 Å². The third-order valence-electron chi connectivity index (χ3n) is 6.57. The van der Waals surface area contributed by atoms with Crippen LogP contribution in [0.25, 0.3) is 10.9 Å². The van der Waals surface area contributed by atoms with Gasteiger partial charge in [-0.3, -0.25) is 14.2 Å². The molecule has 1 aromatic heterocycles. The van der Waals surface area contributed by atoms with Crippen LogP contribution in [0.5, 0.6) is 0 Å². The fraction of sp³-hybridized carbons (Fsp3) is 0.591. The van der Waals surface area contributed by atoms with Gasteiger partial charge in [0.05, 0.1) is 24.1 Å². The average molecular weight is 476 g/mol. The summed E-state index contributed by atoms with van der Waals surface area (Å²) in [6.45, 7) is 2.84. The number of para-hydroxylation sites is 1. The number of morpholine rings is 1. The second kappa shape index (κ2) is 9.13. The number of hydrogen-bond acceptors (Lipinski definition) is 6. The van der Waals surface area contributed by atoms with Crippen LogP contribution in [0, 0.1) is 0 Å². The largest absolute Gasteiger partial charge is 0.379 e. The van der Waals surface area contributed by atoms with Crippen LogP contribution in [-0.4, -0.2) is 89.9 Å². The van der Waals surface area contributed by atoms with Gasteiger partial charge in [0.1, 0.15) is 5.82 Å². The summed E-state index contributed by atoms with van der Waals surface area (Å²) in [4.78, 5) is 32.3. The monoisotopic (exact) mass is 475 g/mol. The number of carbonyl (C=O) groups excluding carboxylic acids is 1. The SMILES string of the molecule is O=C(CCc1nc2ccccc2c(=O)n1C1CC1)N1CCN(S(=O)(=O)N2CCOCC2)CC1. The number of nitrogens with zero attached hydrogens (tertiary/aromatic N) is 5. The van der Waals surface area contributed by atoms with Gasteiger partial charge < -0.3 is 9.64 Å². The van der Waals surface area contributed by atoms with Crippen LogP contribution in [0.15, 0.2) is 29.1 Å². The Kier molecular flexibility index (Phi) is 6.21. The molecule has 33 heavy (non-hydrogen) atoms. The maximum Gasteiger partial charge on any atom is 0.282 e. The van der Waals surface area contributed by atoms with E-state index in [2.05, 4.69) is 0 Å². The third-order valence-corrected chi connectivity index (χ3v) is 8.60. The number of ether oxygens (including phenoxy) is 1. The van der Waals surface area contributed by atoms with E-state index < -0.39 is 10.2 Å². The summed E-state index contributed by atoms with van der Waals surface area (Å²) in [5, 5.41) is 0.608. The minimum Gasteiger partial charge on any atom is -0.379 e. The van der Waals surface area contributed by atoms with Gasteiger partial charge in [0.25, 0.3) is 15.8 Å². The molecule has 11 heteroatoms. The maximum atomic E-state index is 13.0. The minimum absolute atomic E-state index is 0.0347. The highest BCUT2D eigenvalue weighted by Gasteiger charge is 2.34. The molecule has 2 aromatic rings. The molecule has 3 heterocycles. The highest BCUT2D eigenvalue weighted by atomic mass is 32.2. The summed E-state index contributed by atoms with van der Waals surface area (Å²) in [5.41, 5.74) is 0.622. The van der Waals surface area contributed by atoms with Crippen molar-refractivity contribution < 1.29 is 17.9 Å². The van der Waals surface area contributed by atoms with E-state index in [9.17, 15) is 18.0 Å². The Bertz CT molecular complexity index is 1200. The van der Waals surface area contributed by atoms with Crippen molar-refractivity contribution in [1.82, 2.24) is 23.1 Å². The van der Waals surface area contributed by atoms with Crippen LogP contribution in [0.2, 0.25) is 0 Å². The molecule has 3 aliphatic rings. The van der Waals surface area contributed by atoms with Gasteiger partial charge >= 0.3 is 0 Å². The smallest absolute Gasteiger partial charge is 0.282 e. The predicted molar refractivity (Wildman–Crippen MR) is 122 cm³/mol. The van der Waals surface area contributed by atoms with Gasteiger partial charge in [0.2, 0.25) is 5.91 Å². The summed E-state index contributed by atoms with van der Waals surface area (Å²) in [6, 6.07) is 7.49. The number of fused-ring (bicyclic) bond motifs is 1. The first kappa shape index (κ1) is 22.5. The topological polar surface area (TPSA) is 105 Å². The zero-order valence-electron chi connectivity index (χ0n) is 18.6. The van der Waals surface area contributed by atoms with Gasteiger partial charge in [-0.05, 0) is 25.0 Å². The van der Waals surface area contributed by atoms with E-state index in [-0.39, 0.29) is 37.0 Å². The number of piperazine rings is 1. The van der Waals surface area contributed by atoms with Crippen LogP contribution in [0.4, 0.5) is 0 Å². The maximum absolute atomic E-state index is 13.0. The lowest BCUT2D eigenvalue weighted by Gasteiger charge is -2.37. The van der Waals surface area contributed by atoms with Crippen molar-refractivity contribution in [2.75, 3.05) is 52.5 Å².